The van der Waals surface area contributed by atoms with Crippen molar-refractivity contribution in [1.29, 1.82) is 0 Å². The molecule has 22 heavy (non-hydrogen) atoms. The molecule has 118 valence electrons. The zero-order valence-corrected chi connectivity index (χ0v) is 13.3. The number of nitrogens with one attached hydrogen (secondary N) is 1. The molecule has 1 aromatic carbocycles. The predicted octanol–water partition coefficient (Wildman–Crippen LogP) is 3.86. The SMILES string of the molecule is CC(C)n1nccc1NC(=O)[C@H](C)Sc1ccc(F)c(F)c1. The van der Waals surface area contributed by atoms with Gasteiger partial charge in [0.1, 0.15) is 5.82 Å². The first-order valence-corrected chi connectivity index (χ1v) is 7.72. The Morgan fingerprint density at radius 1 is 1.23 bits per heavy atom. The second-order valence-electron chi connectivity index (χ2n) is 5.08. The molecule has 2 aromatic rings. The molecule has 1 amide bonds. The molecule has 0 aliphatic carbocycles. The van der Waals surface area contributed by atoms with E-state index in [0.29, 0.717) is 10.7 Å². The second-order valence-corrected chi connectivity index (χ2v) is 6.49. The van der Waals surface area contributed by atoms with E-state index in [2.05, 4.69) is 10.4 Å². The van der Waals surface area contributed by atoms with Gasteiger partial charge in [0.05, 0.1) is 11.4 Å². The highest BCUT2D eigenvalue weighted by Crippen LogP contribution is 2.26. The average molecular weight is 325 g/mol. The summed E-state index contributed by atoms with van der Waals surface area (Å²) in [6.45, 7) is 5.63. The summed E-state index contributed by atoms with van der Waals surface area (Å²) in [5, 5.41) is 6.47. The largest absolute Gasteiger partial charge is 0.310 e. The number of hydrogen-bond donors (Lipinski definition) is 1. The molecule has 4 nitrogen and oxygen atoms in total. The third-order valence-corrected chi connectivity index (χ3v) is 4.08. The number of carbonyl (C=O) groups excluding carboxylic acids is 1. The van der Waals surface area contributed by atoms with Crippen LogP contribution in [0.2, 0.25) is 0 Å². The van der Waals surface area contributed by atoms with Crippen LogP contribution in [0.4, 0.5) is 14.6 Å². The zero-order chi connectivity index (χ0) is 16.3. The molecule has 1 atom stereocenters. The number of amides is 1. The molecule has 0 aliphatic heterocycles. The van der Waals surface area contributed by atoms with E-state index < -0.39 is 16.9 Å². The first-order valence-electron chi connectivity index (χ1n) is 6.84. The van der Waals surface area contributed by atoms with Crippen molar-refractivity contribution in [3.63, 3.8) is 0 Å². The van der Waals surface area contributed by atoms with E-state index in [1.54, 1.807) is 23.9 Å². The van der Waals surface area contributed by atoms with Crippen LogP contribution in [0.15, 0.2) is 35.4 Å². The lowest BCUT2D eigenvalue weighted by Gasteiger charge is -2.15. The van der Waals surface area contributed by atoms with Gasteiger partial charge in [-0.1, -0.05) is 0 Å². The van der Waals surface area contributed by atoms with E-state index >= 15 is 0 Å². The highest BCUT2D eigenvalue weighted by molar-refractivity contribution is 8.00. The molecule has 0 bridgehead atoms. The molecule has 0 aliphatic rings. The van der Waals surface area contributed by atoms with Gasteiger partial charge in [0.25, 0.3) is 0 Å². The fraction of sp³-hybridized carbons (Fsp3) is 0.333. The number of aromatic nitrogens is 2. The highest BCUT2D eigenvalue weighted by Gasteiger charge is 2.17. The number of benzene rings is 1. The standard InChI is InChI=1S/C15H17F2N3OS/c1-9(2)20-14(6-7-18-20)19-15(21)10(3)22-11-4-5-12(16)13(17)8-11/h4-10H,1-3H3,(H,19,21)/t10-/m0/s1. The molecule has 0 spiro atoms. The average Bonchev–Trinajstić information content (AvgIpc) is 2.91. The van der Waals surface area contributed by atoms with E-state index in [1.807, 2.05) is 13.8 Å². The minimum Gasteiger partial charge on any atom is -0.310 e. The maximum Gasteiger partial charge on any atom is 0.238 e. The molecule has 0 unspecified atom stereocenters. The first-order chi connectivity index (χ1) is 10.4. The number of halogens is 2. The van der Waals surface area contributed by atoms with Gasteiger partial charge in [0, 0.05) is 17.0 Å². The Balaban J connectivity index is 2.02. The Hall–Kier alpha value is -1.89. The number of hydrogen-bond acceptors (Lipinski definition) is 3. The Bertz CT molecular complexity index is 673. The van der Waals surface area contributed by atoms with E-state index in [9.17, 15) is 13.6 Å². The van der Waals surface area contributed by atoms with Crippen molar-refractivity contribution in [2.75, 3.05) is 5.32 Å². The van der Waals surface area contributed by atoms with Gasteiger partial charge in [-0.2, -0.15) is 5.10 Å². The van der Waals surface area contributed by atoms with Crippen LogP contribution in [0.5, 0.6) is 0 Å². The van der Waals surface area contributed by atoms with Gasteiger partial charge >= 0.3 is 0 Å². The highest BCUT2D eigenvalue weighted by atomic mass is 32.2. The molecule has 0 fully saturated rings. The van der Waals surface area contributed by atoms with E-state index in [1.165, 1.54) is 6.07 Å². The van der Waals surface area contributed by atoms with Crippen molar-refractivity contribution in [3.8, 4) is 0 Å². The van der Waals surface area contributed by atoms with Crippen LogP contribution in [0, 0.1) is 11.6 Å². The van der Waals surface area contributed by atoms with Crippen LogP contribution in [-0.2, 0) is 4.79 Å². The van der Waals surface area contributed by atoms with Crippen LogP contribution < -0.4 is 5.32 Å². The number of thioether (sulfide) groups is 1. The monoisotopic (exact) mass is 325 g/mol. The molecule has 2 rings (SSSR count). The van der Waals surface area contributed by atoms with Crippen molar-refractivity contribution >= 4 is 23.5 Å². The third kappa shape index (κ3) is 3.85. The quantitative estimate of drug-likeness (QED) is 0.849. The molecule has 1 aromatic heterocycles. The minimum atomic E-state index is -0.921. The lowest BCUT2D eigenvalue weighted by molar-refractivity contribution is -0.115. The van der Waals surface area contributed by atoms with Crippen molar-refractivity contribution in [3.05, 3.63) is 42.1 Å². The van der Waals surface area contributed by atoms with Crippen molar-refractivity contribution in [2.24, 2.45) is 0 Å². The smallest absolute Gasteiger partial charge is 0.238 e. The van der Waals surface area contributed by atoms with Gasteiger partial charge in [-0.3, -0.25) is 4.79 Å². The van der Waals surface area contributed by atoms with Crippen LogP contribution >= 0.6 is 11.8 Å². The summed E-state index contributed by atoms with van der Waals surface area (Å²) in [5.74, 6) is -1.44. The van der Waals surface area contributed by atoms with Gasteiger partial charge in [0.2, 0.25) is 5.91 Å². The number of nitrogens with zero attached hydrogens (tertiary/aromatic N) is 2. The van der Waals surface area contributed by atoms with Crippen LogP contribution in [0.1, 0.15) is 26.8 Å². The van der Waals surface area contributed by atoms with E-state index in [0.717, 1.165) is 23.9 Å². The Morgan fingerprint density at radius 3 is 2.59 bits per heavy atom. The molecule has 7 heteroatoms. The molecular formula is C15H17F2N3OS. The molecule has 0 radical (unpaired) electrons. The second kappa shape index (κ2) is 6.91. The first kappa shape index (κ1) is 16.5. The summed E-state index contributed by atoms with van der Waals surface area (Å²) >= 11 is 1.16. The van der Waals surface area contributed by atoms with Crippen LogP contribution in [0.25, 0.3) is 0 Å². The molecule has 1 N–H and O–H groups in total. The van der Waals surface area contributed by atoms with Gasteiger partial charge in [0.15, 0.2) is 11.6 Å². The maximum absolute atomic E-state index is 13.2. The van der Waals surface area contributed by atoms with Gasteiger partial charge in [-0.25, -0.2) is 13.5 Å². The Kier molecular flexibility index (Phi) is 5.18. The van der Waals surface area contributed by atoms with E-state index in [-0.39, 0.29) is 11.9 Å². The fourth-order valence-corrected chi connectivity index (χ4v) is 2.75. The molecule has 0 saturated carbocycles. The summed E-state index contributed by atoms with van der Waals surface area (Å²) in [5.41, 5.74) is 0. The summed E-state index contributed by atoms with van der Waals surface area (Å²) in [4.78, 5) is 12.7. The molecule has 0 saturated heterocycles. The number of carbonyl (C=O) groups is 1. The summed E-state index contributed by atoms with van der Waals surface area (Å²) in [6.07, 6.45) is 1.61. The summed E-state index contributed by atoms with van der Waals surface area (Å²) in [6, 6.07) is 5.43. The Morgan fingerprint density at radius 2 is 1.95 bits per heavy atom. The van der Waals surface area contributed by atoms with Crippen LogP contribution in [-0.4, -0.2) is 20.9 Å². The van der Waals surface area contributed by atoms with Gasteiger partial charge in [-0.05, 0) is 39.0 Å². The van der Waals surface area contributed by atoms with Crippen LogP contribution in [0.3, 0.4) is 0 Å². The third-order valence-electron chi connectivity index (χ3n) is 2.98. The van der Waals surface area contributed by atoms with E-state index in [4.69, 9.17) is 0 Å². The Labute approximate surface area is 131 Å². The zero-order valence-electron chi connectivity index (χ0n) is 12.5. The maximum atomic E-state index is 13.2. The lowest BCUT2D eigenvalue weighted by atomic mass is 10.3. The topological polar surface area (TPSA) is 46.9 Å². The summed E-state index contributed by atoms with van der Waals surface area (Å²) in [7, 11) is 0. The predicted molar refractivity (Wildman–Crippen MR) is 82.9 cm³/mol. The number of rotatable bonds is 5. The molecule has 1 heterocycles. The van der Waals surface area contributed by atoms with Gasteiger partial charge in [-0.15, -0.1) is 11.8 Å². The fourth-order valence-electron chi connectivity index (χ4n) is 1.86. The normalized spacial score (nSPS) is 12.5. The lowest BCUT2D eigenvalue weighted by Crippen LogP contribution is -2.24. The van der Waals surface area contributed by atoms with Gasteiger partial charge < -0.3 is 5.32 Å². The molecular weight excluding hydrogens is 308 g/mol. The van der Waals surface area contributed by atoms with Crippen molar-refractivity contribution in [2.45, 2.75) is 37.0 Å². The number of anilines is 1. The van der Waals surface area contributed by atoms with Crippen molar-refractivity contribution < 1.29 is 13.6 Å². The van der Waals surface area contributed by atoms with Crippen molar-refractivity contribution in [1.82, 2.24) is 9.78 Å². The minimum absolute atomic E-state index is 0.124. The summed E-state index contributed by atoms with van der Waals surface area (Å²) < 4.78 is 27.8.